The summed E-state index contributed by atoms with van der Waals surface area (Å²) in [7, 11) is 2.05. The van der Waals surface area contributed by atoms with E-state index in [1.165, 1.54) is 28.1 Å². The first-order valence-electron chi connectivity index (χ1n) is 7.94. The first-order chi connectivity index (χ1) is 10.1. The van der Waals surface area contributed by atoms with Crippen LogP contribution in [-0.4, -0.2) is 15.8 Å². The highest BCUT2D eigenvalue weighted by Crippen LogP contribution is 2.31. The third kappa shape index (κ3) is 3.35. The van der Waals surface area contributed by atoms with Crippen LogP contribution >= 0.6 is 0 Å². The van der Waals surface area contributed by atoms with Crippen LogP contribution in [0.4, 0.5) is 0 Å². The Bertz CT molecular complexity index is 597. The van der Waals surface area contributed by atoms with Crippen LogP contribution in [0.3, 0.4) is 0 Å². The van der Waals surface area contributed by atoms with E-state index in [1.807, 2.05) is 4.68 Å². The van der Waals surface area contributed by atoms with Gasteiger partial charge < -0.3 is 5.32 Å². The number of rotatable bonds is 6. The van der Waals surface area contributed by atoms with Crippen LogP contribution in [0.25, 0.3) is 11.1 Å². The Morgan fingerprint density at radius 1 is 1.14 bits per heavy atom. The average Bonchev–Trinajstić information content (AvgIpc) is 2.81. The molecule has 114 valence electrons. The van der Waals surface area contributed by atoms with Crippen molar-refractivity contribution in [2.45, 2.75) is 53.1 Å². The molecule has 0 unspecified atom stereocenters. The lowest BCUT2D eigenvalue weighted by molar-refractivity contribution is 0.589. The maximum atomic E-state index is 4.71. The molecule has 0 amide bonds. The van der Waals surface area contributed by atoms with Crippen molar-refractivity contribution in [1.82, 2.24) is 15.1 Å². The van der Waals surface area contributed by atoms with Crippen molar-refractivity contribution in [2.24, 2.45) is 7.05 Å². The van der Waals surface area contributed by atoms with Crippen molar-refractivity contribution in [3.63, 3.8) is 0 Å². The number of hydrogen-bond donors (Lipinski definition) is 1. The number of hydrogen-bond acceptors (Lipinski definition) is 2. The van der Waals surface area contributed by atoms with E-state index in [0.29, 0.717) is 6.04 Å². The highest BCUT2D eigenvalue weighted by atomic mass is 15.3. The fraction of sp³-hybridized carbons (Fsp3) is 0.500. The molecule has 1 aromatic carbocycles. The molecule has 0 aliphatic heterocycles. The van der Waals surface area contributed by atoms with Gasteiger partial charge in [0.2, 0.25) is 0 Å². The van der Waals surface area contributed by atoms with E-state index in [2.05, 4.69) is 64.3 Å². The summed E-state index contributed by atoms with van der Waals surface area (Å²) in [6, 6.07) is 9.18. The van der Waals surface area contributed by atoms with Gasteiger partial charge in [-0.25, -0.2) is 0 Å². The minimum absolute atomic E-state index is 0.489. The largest absolute Gasteiger partial charge is 0.310 e. The maximum Gasteiger partial charge on any atom is 0.0703 e. The Morgan fingerprint density at radius 2 is 1.86 bits per heavy atom. The zero-order valence-electron chi connectivity index (χ0n) is 13.9. The average molecular weight is 285 g/mol. The van der Waals surface area contributed by atoms with Gasteiger partial charge in [0.15, 0.2) is 0 Å². The molecule has 0 bridgehead atoms. The molecule has 2 rings (SSSR count). The van der Waals surface area contributed by atoms with Gasteiger partial charge in [0.05, 0.1) is 5.69 Å². The molecule has 2 aromatic rings. The molecule has 0 fully saturated rings. The van der Waals surface area contributed by atoms with E-state index >= 15 is 0 Å². The second-order valence-electron chi connectivity index (χ2n) is 5.79. The third-order valence-corrected chi connectivity index (χ3v) is 3.90. The Hall–Kier alpha value is -1.61. The predicted molar refractivity (Wildman–Crippen MR) is 89.4 cm³/mol. The van der Waals surface area contributed by atoms with Crippen molar-refractivity contribution < 1.29 is 0 Å². The topological polar surface area (TPSA) is 29.9 Å². The highest BCUT2D eigenvalue weighted by molar-refractivity contribution is 5.72. The molecule has 0 aliphatic carbocycles. The monoisotopic (exact) mass is 285 g/mol. The summed E-state index contributed by atoms with van der Waals surface area (Å²) in [5.41, 5.74) is 6.54. The van der Waals surface area contributed by atoms with E-state index in [1.54, 1.807) is 0 Å². The predicted octanol–water partition coefficient (Wildman–Crippen LogP) is 3.71. The summed E-state index contributed by atoms with van der Waals surface area (Å²) in [5.74, 6) is 0. The molecule has 3 heteroatoms. The van der Waals surface area contributed by atoms with E-state index in [9.17, 15) is 0 Å². The van der Waals surface area contributed by atoms with Gasteiger partial charge in [-0.05, 0) is 24.0 Å². The lowest BCUT2D eigenvalue weighted by atomic mass is 9.95. The summed E-state index contributed by atoms with van der Waals surface area (Å²) >= 11 is 0. The smallest absolute Gasteiger partial charge is 0.0703 e. The molecule has 0 spiro atoms. The van der Waals surface area contributed by atoms with Gasteiger partial charge in [-0.2, -0.15) is 5.10 Å². The van der Waals surface area contributed by atoms with Crippen molar-refractivity contribution in [3.05, 3.63) is 41.2 Å². The quantitative estimate of drug-likeness (QED) is 0.877. The molecule has 0 saturated heterocycles. The van der Waals surface area contributed by atoms with Crippen LogP contribution in [-0.2, 0) is 26.4 Å². The lowest BCUT2D eigenvalue weighted by Crippen LogP contribution is -2.22. The Labute approximate surface area is 128 Å². The van der Waals surface area contributed by atoms with Crippen molar-refractivity contribution in [3.8, 4) is 11.1 Å². The van der Waals surface area contributed by atoms with Gasteiger partial charge in [0.1, 0.15) is 0 Å². The zero-order chi connectivity index (χ0) is 15.4. The normalized spacial score (nSPS) is 11.3. The van der Waals surface area contributed by atoms with Crippen LogP contribution < -0.4 is 5.32 Å². The van der Waals surface area contributed by atoms with Crippen LogP contribution in [0.15, 0.2) is 24.3 Å². The summed E-state index contributed by atoms with van der Waals surface area (Å²) < 4.78 is 2.04. The number of nitrogens with one attached hydrogen (secondary N) is 1. The second kappa shape index (κ2) is 6.90. The van der Waals surface area contributed by atoms with Crippen molar-refractivity contribution in [2.75, 3.05) is 0 Å². The number of aromatic nitrogens is 2. The Balaban J connectivity index is 2.51. The molecular weight excluding hydrogens is 258 g/mol. The molecule has 1 heterocycles. The van der Waals surface area contributed by atoms with Crippen molar-refractivity contribution >= 4 is 0 Å². The van der Waals surface area contributed by atoms with Gasteiger partial charge in [-0.1, -0.05) is 52.0 Å². The molecule has 0 atom stereocenters. The molecule has 0 aliphatic rings. The van der Waals surface area contributed by atoms with E-state index in [-0.39, 0.29) is 0 Å². The molecule has 0 radical (unpaired) electrons. The number of benzene rings is 1. The van der Waals surface area contributed by atoms with E-state index in [4.69, 9.17) is 5.10 Å². The fourth-order valence-electron chi connectivity index (χ4n) is 2.82. The number of nitrogens with zero attached hydrogens (tertiary/aromatic N) is 2. The standard InChI is InChI=1S/C18H27N3/c1-6-16-18(17(7-2)21(5)20-16)15-11-9-8-10-14(15)12-19-13(3)4/h8-11,13,19H,6-7,12H2,1-5H3. The molecular formula is C18H27N3. The highest BCUT2D eigenvalue weighted by Gasteiger charge is 2.17. The Kier molecular flexibility index (Phi) is 5.18. The van der Waals surface area contributed by atoms with Crippen LogP contribution in [0.2, 0.25) is 0 Å². The molecule has 1 aromatic heterocycles. The van der Waals surface area contributed by atoms with Gasteiger partial charge >= 0.3 is 0 Å². The maximum absolute atomic E-state index is 4.71. The molecule has 1 N–H and O–H groups in total. The number of aryl methyl sites for hydroxylation is 2. The van der Waals surface area contributed by atoms with Gasteiger partial charge in [-0.3, -0.25) is 4.68 Å². The summed E-state index contributed by atoms with van der Waals surface area (Å²) in [6.45, 7) is 9.65. The van der Waals surface area contributed by atoms with Crippen LogP contribution in [0.5, 0.6) is 0 Å². The second-order valence-corrected chi connectivity index (χ2v) is 5.79. The van der Waals surface area contributed by atoms with Crippen molar-refractivity contribution in [1.29, 1.82) is 0 Å². The third-order valence-electron chi connectivity index (χ3n) is 3.90. The molecule has 21 heavy (non-hydrogen) atoms. The van der Waals surface area contributed by atoms with Gasteiger partial charge in [0, 0.05) is 30.9 Å². The first kappa shape index (κ1) is 15.8. The SMILES string of the molecule is CCc1nn(C)c(CC)c1-c1ccccc1CNC(C)C. The Morgan fingerprint density at radius 3 is 2.48 bits per heavy atom. The minimum atomic E-state index is 0.489. The van der Waals surface area contributed by atoms with E-state index < -0.39 is 0 Å². The van der Waals surface area contributed by atoms with Gasteiger partial charge in [-0.15, -0.1) is 0 Å². The lowest BCUT2D eigenvalue weighted by Gasteiger charge is -2.14. The molecule has 3 nitrogen and oxygen atoms in total. The zero-order valence-corrected chi connectivity index (χ0v) is 13.9. The first-order valence-corrected chi connectivity index (χ1v) is 7.94. The summed E-state index contributed by atoms with van der Waals surface area (Å²) in [5, 5.41) is 8.24. The van der Waals surface area contributed by atoms with Gasteiger partial charge in [0.25, 0.3) is 0 Å². The van der Waals surface area contributed by atoms with E-state index in [0.717, 1.165) is 19.4 Å². The fourth-order valence-corrected chi connectivity index (χ4v) is 2.82. The minimum Gasteiger partial charge on any atom is -0.310 e. The van der Waals surface area contributed by atoms with Crippen LogP contribution in [0.1, 0.15) is 44.6 Å². The molecule has 0 saturated carbocycles. The summed E-state index contributed by atoms with van der Waals surface area (Å²) in [4.78, 5) is 0. The summed E-state index contributed by atoms with van der Waals surface area (Å²) in [6.07, 6.45) is 1.97. The van der Waals surface area contributed by atoms with Crippen LogP contribution in [0, 0.1) is 0 Å².